The van der Waals surface area contributed by atoms with E-state index in [1.807, 2.05) is 19.1 Å². The number of hydrogen-bond acceptors (Lipinski definition) is 5. The van der Waals surface area contributed by atoms with Crippen LogP contribution in [0.2, 0.25) is 0 Å². The molecule has 1 aliphatic rings. The Hall–Kier alpha value is -2.41. The molecule has 2 aromatic heterocycles. The lowest BCUT2D eigenvalue weighted by Gasteiger charge is -2.28. The van der Waals surface area contributed by atoms with E-state index in [4.69, 9.17) is 4.74 Å². The minimum Gasteiger partial charge on any atom is -0.378 e. The summed E-state index contributed by atoms with van der Waals surface area (Å²) in [5.41, 5.74) is 1.04. The van der Waals surface area contributed by atoms with E-state index in [1.54, 1.807) is 23.2 Å². The Morgan fingerprint density at radius 2 is 2.14 bits per heavy atom. The monoisotopic (exact) mass is 301 g/mol. The van der Waals surface area contributed by atoms with Crippen molar-refractivity contribution in [3.05, 3.63) is 36.5 Å². The number of carbonyl (C=O) groups excluding carboxylic acids is 1. The SMILES string of the molecule is CCn1ccnc1C(=O)Nc1ccc(N2CCOCC2)cn1. The smallest absolute Gasteiger partial charge is 0.292 e. The van der Waals surface area contributed by atoms with Crippen LogP contribution in [0.1, 0.15) is 17.5 Å². The van der Waals surface area contributed by atoms with Crippen molar-refractivity contribution >= 4 is 17.4 Å². The number of carbonyl (C=O) groups is 1. The molecule has 0 unspecified atom stereocenters. The van der Waals surface area contributed by atoms with E-state index in [-0.39, 0.29) is 5.91 Å². The lowest BCUT2D eigenvalue weighted by molar-refractivity contribution is 0.101. The fourth-order valence-corrected chi connectivity index (χ4v) is 2.41. The lowest BCUT2D eigenvalue weighted by Crippen LogP contribution is -2.36. The van der Waals surface area contributed by atoms with Crippen molar-refractivity contribution < 1.29 is 9.53 Å². The molecular weight excluding hydrogens is 282 g/mol. The highest BCUT2D eigenvalue weighted by atomic mass is 16.5. The molecule has 0 atom stereocenters. The highest BCUT2D eigenvalue weighted by Gasteiger charge is 2.14. The van der Waals surface area contributed by atoms with Gasteiger partial charge in [-0.15, -0.1) is 0 Å². The zero-order valence-electron chi connectivity index (χ0n) is 12.5. The number of aromatic nitrogens is 3. The van der Waals surface area contributed by atoms with E-state index in [0.717, 1.165) is 32.0 Å². The van der Waals surface area contributed by atoms with Crippen molar-refractivity contribution in [1.29, 1.82) is 0 Å². The molecule has 1 amide bonds. The normalized spacial score (nSPS) is 14.9. The number of nitrogens with zero attached hydrogens (tertiary/aromatic N) is 4. The summed E-state index contributed by atoms with van der Waals surface area (Å²) < 4.78 is 7.12. The molecule has 1 saturated heterocycles. The van der Waals surface area contributed by atoms with E-state index >= 15 is 0 Å². The van der Waals surface area contributed by atoms with Gasteiger partial charge in [-0.25, -0.2) is 9.97 Å². The zero-order valence-corrected chi connectivity index (χ0v) is 12.5. The first-order chi connectivity index (χ1) is 10.8. The summed E-state index contributed by atoms with van der Waals surface area (Å²) in [5.74, 6) is 0.660. The van der Waals surface area contributed by atoms with Crippen LogP contribution in [0.5, 0.6) is 0 Å². The van der Waals surface area contributed by atoms with Crippen LogP contribution in [0.3, 0.4) is 0 Å². The standard InChI is InChI=1S/C15H19N5O2/c1-2-19-6-5-16-14(19)15(21)18-13-4-3-12(11-17-13)20-7-9-22-10-8-20/h3-6,11H,2,7-10H2,1H3,(H,17,18,21). The fourth-order valence-electron chi connectivity index (χ4n) is 2.41. The zero-order chi connectivity index (χ0) is 15.4. The van der Waals surface area contributed by atoms with Gasteiger partial charge in [0, 0.05) is 32.0 Å². The number of pyridine rings is 1. The molecule has 3 rings (SSSR count). The van der Waals surface area contributed by atoms with Gasteiger partial charge in [-0.1, -0.05) is 0 Å². The van der Waals surface area contributed by atoms with Crippen molar-refractivity contribution in [2.75, 3.05) is 36.5 Å². The number of nitrogens with one attached hydrogen (secondary N) is 1. The van der Waals surface area contributed by atoms with Crippen LogP contribution < -0.4 is 10.2 Å². The van der Waals surface area contributed by atoms with Crippen LogP contribution in [0.25, 0.3) is 0 Å². The molecule has 22 heavy (non-hydrogen) atoms. The molecule has 0 saturated carbocycles. The molecule has 0 aliphatic carbocycles. The Morgan fingerprint density at radius 1 is 1.32 bits per heavy atom. The Morgan fingerprint density at radius 3 is 2.82 bits per heavy atom. The second-order valence-electron chi connectivity index (χ2n) is 4.99. The topological polar surface area (TPSA) is 72.3 Å². The maximum Gasteiger partial charge on any atom is 0.292 e. The predicted molar refractivity (Wildman–Crippen MR) is 83.1 cm³/mol. The molecule has 0 bridgehead atoms. The third-order valence-electron chi connectivity index (χ3n) is 3.62. The molecule has 1 aliphatic heterocycles. The number of anilines is 2. The Balaban J connectivity index is 1.67. The molecule has 1 N–H and O–H groups in total. The number of amides is 1. The lowest BCUT2D eigenvalue weighted by atomic mass is 10.3. The highest BCUT2D eigenvalue weighted by molar-refractivity contribution is 6.01. The van der Waals surface area contributed by atoms with Crippen LogP contribution in [0, 0.1) is 0 Å². The Bertz CT molecular complexity index is 632. The largest absolute Gasteiger partial charge is 0.378 e. The third kappa shape index (κ3) is 3.09. The molecule has 7 nitrogen and oxygen atoms in total. The van der Waals surface area contributed by atoms with Crippen molar-refractivity contribution in [1.82, 2.24) is 14.5 Å². The van der Waals surface area contributed by atoms with Gasteiger partial charge in [0.05, 0.1) is 25.1 Å². The average Bonchev–Trinajstić information content (AvgIpc) is 3.05. The van der Waals surface area contributed by atoms with Crippen molar-refractivity contribution in [3.8, 4) is 0 Å². The van der Waals surface area contributed by atoms with E-state index in [9.17, 15) is 4.79 Å². The van der Waals surface area contributed by atoms with Crippen LogP contribution in [-0.4, -0.2) is 46.7 Å². The summed E-state index contributed by atoms with van der Waals surface area (Å²) in [6.07, 6.45) is 5.17. The van der Waals surface area contributed by atoms with E-state index in [2.05, 4.69) is 20.2 Å². The number of hydrogen-bond donors (Lipinski definition) is 1. The van der Waals surface area contributed by atoms with Crippen molar-refractivity contribution in [2.45, 2.75) is 13.5 Å². The highest BCUT2D eigenvalue weighted by Crippen LogP contribution is 2.16. The number of imidazole rings is 1. The van der Waals surface area contributed by atoms with Gasteiger partial charge in [-0.05, 0) is 19.1 Å². The predicted octanol–water partition coefficient (Wildman–Crippen LogP) is 1.39. The first-order valence-electron chi connectivity index (χ1n) is 7.39. The van der Waals surface area contributed by atoms with Crippen LogP contribution in [0.15, 0.2) is 30.7 Å². The van der Waals surface area contributed by atoms with Gasteiger partial charge in [-0.2, -0.15) is 0 Å². The minimum absolute atomic E-state index is 0.251. The molecule has 0 aromatic carbocycles. The number of rotatable bonds is 4. The fraction of sp³-hybridized carbons (Fsp3) is 0.400. The molecule has 0 spiro atoms. The summed E-state index contributed by atoms with van der Waals surface area (Å²) in [7, 11) is 0. The first-order valence-corrected chi connectivity index (χ1v) is 7.39. The van der Waals surface area contributed by atoms with Gasteiger partial charge in [0.2, 0.25) is 0 Å². The Kier molecular flexibility index (Phi) is 4.34. The summed E-state index contributed by atoms with van der Waals surface area (Å²) >= 11 is 0. The van der Waals surface area contributed by atoms with Crippen LogP contribution in [-0.2, 0) is 11.3 Å². The number of morpholine rings is 1. The minimum atomic E-state index is -0.251. The van der Waals surface area contributed by atoms with Crippen molar-refractivity contribution in [3.63, 3.8) is 0 Å². The van der Waals surface area contributed by atoms with Gasteiger partial charge in [-0.3, -0.25) is 4.79 Å². The second-order valence-corrected chi connectivity index (χ2v) is 4.99. The van der Waals surface area contributed by atoms with Gasteiger partial charge in [0.25, 0.3) is 5.91 Å². The van der Waals surface area contributed by atoms with Gasteiger partial charge in [0.1, 0.15) is 5.82 Å². The molecule has 116 valence electrons. The van der Waals surface area contributed by atoms with Crippen LogP contribution >= 0.6 is 0 Å². The molecular formula is C15H19N5O2. The third-order valence-corrected chi connectivity index (χ3v) is 3.62. The second kappa shape index (κ2) is 6.57. The first kappa shape index (κ1) is 14.5. The van der Waals surface area contributed by atoms with Gasteiger partial charge in [0.15, 0.2) is 5.82 Å². The summed E-state index contributed by atoms with van der Waals surface area (Å²) in [5, 5.41) is 2.77. The maximum atomic E-state index is 12.2. The molecule has 3 heterocycles. The number of aryl methyl sites for hydroxylation is 1. The average molecular weight is 301 g/mol. The summed E-state index contributed by atoms with van der Waals surface area (Å²) in [6, 6.07) is 3.77. The quantitative estimate of drug-likeness (QED) is 0.924. The maximum absolute atomic E-state index is 12.2. The van der Waals surface area contributed by atoms with Gasteiger partial charge < -0.3 is 19.5 Å². The van der Waals surface area contributed by atoms with Crippen molar-refractivity contribution in [2.24, 2.45) is 0 Å². The van der Waals surface area contributed by atoms with E-state index in [1.165, 1.54) is 0 Å². The summed E-state index contributed by atoms with van der Waals surface area (Å²) in [4.78, 5) is 22.8. The molecule has 7 heteroatoms. The summed E-state index contributed by atoms with van der Waals surface area (Å²) in [6.45, 7) is 5.86. The molecule has 2 aromatic rings. The molecule has 1 fully saturated rings. The Labute approximate surface area is 128 Å². The molecule has 0 radical (unpaired) electrons. The number of ether oxygens (including phenoxy) is 1. The van der Waals surface area contributed by atoms with E-state index in [0.29, 0.717) is 18.2 Å². The van der Waals surface area contributed by atoms with Crippen LogP contribution in [0.4, 0.5) is 11.5 Å². The van der Waals surface area contributed by atoms with E-state index < -0.39 is 0 Å². The van der Waals surface area contributed by atoms with Gasteiger partial charge >= 0.3 is 0 Å².